The molecule has 148 valence electrons. The van der Waals surface area contributed by atoms with Crippen LogP contribution in [0.15, 0.2) is 30.7 Å². The molecule has 4 heterocycles. The maximum absolute atomic E-state index is 11.9. The van der Waals surface area contributed by atoms with Gasteiger partial charge in [0.05, 0.1) is 18.3 Å². The van der Waals surface area contributed by atoms with E-state index in [-0.39, 0.29) is 12.0 Å². The second-order valence-corrected chi connectivity index (χ2v) is 7.24. The Morgan fingerprint density at radius 2 is 2.24 bits per heavy atom. The second-order valence-electron chi connectivity index (χ2n) is 7.24. The van der Waals surface area contributed by atoms with E-state index in [2.05, 4.69) is 20.2 Å². The molecular formula is C20H21N7O2. The van der Waals surface area contributed by atoms with Crippen molar-refractivity contribution >= 4 is 28.0 Å². The van der Waals surface area contributed by atoms with E-state index in [0.717, 1.165) is 28.7 Å². The Morgan fingerprint density at radius 1 is 1.34 bits per heavy atom. The molecule has 1 aliphatic rings. The Hall–Kier alpha value is -3.49. The van der Waals surface area contributed by atoms with Crippen LogP contribution in [-0.2, 0) is 11.8 Å². The number of nitrogens with zero attached hydrogens (tertiary/aromatic N) is 6. The van der Waals surface area contributed by atoms with Gasteiger partial charge in [0, 0.05) is 37.4 Å². The molecule has 1 amide bonds. The quantitative estimate of drug-likeness (QED) is 0.573. The van der Waals surface area contributed by atoms with Gasteiger partial charge in [0.1, 0.15) is 18.3 Å². The summed E-state index contributed by atoms with van der Waals surface area (Å²) in [5, 5.41) is 8.05. The summed E-state index contributed by atoms with van der Waals surface area (Å²) in [6.45, 7) is 3.17. The molecule has 1 atom stereocenters. The summed E-state index contributed by atoms with van der Waals surface area (Å²) in [5.41, 5.74) is 3.27. The van der Waals surface area contributed by atoms with Gasteiger partial charge in [0.25, 0.3) is 0 Å². The average molecular weight is 391 g/mol. The molecular weight excluding hydrogens is 370 g/mol. The van der Waals surface area contributed by atoms with Crippen LogP contribution in [0, 0.1) is 0 Å². The molecule has 29 heavy (non-hydrogen) atoms. The molecule has 9 heteroatoms. The maximum atomic E-state index is 11.9. The number of H-pyrrole nitrogens is 1. The lowest BCUT2D eigenvalue weighted by molar-refractivity contribution is -0.130. The number of hydrogen-bond acceptors (Lipinski definition) is 6. The lowest BCUT2D eigenvalue weighted by Gasteiger charge is -2.16. The van der Waals surface area contributed by atoms with E-state index in [0.29, 0.717) is 36.6 Å². The number of aromatic nitrogens is 6. The van der Waals surface area contributed by atoms with Gasteiger partial charge < -0.3 is 14.2 Å². The topological polar surface area (TPSA) is 102 Å². The van der Waals surface area contributed by atoms with Gasteiger partial charge in [-0.15, -0.1) is 0 Å². The molecule has 0 radical (unpaired) electrons. The standard InChI is InChI=1S/C20H21N7O2/c1-3-16(28)27-7-6-14(10-27)29-20-17-19(21-11-22-20)26(2)18(24-17)12-4-5-15-13(8-12)9-23-25-15/h4-5,8-9,11,14H,3,6-7,10H2,1-2H3,(H,23,25)/t14-/m0/s1. The van der Waals surface area contributed by atoms with Crippen molar-refractivity contribution in [1.29, 1.82) is 0 Å². The normalized spacial score (nSPS) is 16.8. The number of likely N-dealkylation sites (tertiary alicyclic amines) is 1. The lowest BCUT2D eigenvalue weighted by atomic mass is 10.1. The van der Waals surface area contributed by atoms with E-state index in [1.165, 1.54) is 6.33 Å². The molecule has 1 aromatic carbocycles. The van der Waals surface area contributed by atoms with Crippen molar-refractivity contribution in [3.8, 4) is 17.3 Å². The van der Waals surface area contributed by atoms with Crippen LogP contribution in [-0.4, -0.2) is 59.7 Å². The van der Waals surface area contributed by atoms with Crippen LogP contribution in [0.2, 0.25) is 0 Å². The summed E-state index contributed by atoms with van der Waals surface area (Å²) >= 11 is 0. The number of hydrogen-bond donors (Lipinski definition) is 1. The fourth-order valence-corrected chi connectivity index (χ4v) is 3.84. The zero-order chi connectivity index (χ0) is 20.0. The van der Waals surface area contributed by atoms with E-state index in [1.54, 1.807) is 6.20 Å². The molecule has 9 nitrogen and oxygen atoms in total. The summed E-state index contributed by atoms with van der Waals surface area (Å²) in [4.78, 5) is 27.3. The highest BCUT2D eigenvalue weighted by Crippen LogP contribution is 2.29. The Balaban J connectivity index is 1.48. The first-order chi connectivity index (χ1) is 14.1. The number of aromatic amines is 1. The van der Waals surface area contributed by atoms with Crippen molar-refractivity contribution in [2.45, 2.75) is 25.9 Å². The Kier molecular flexibility index (Phi) is 4.15. The summed E-state index contributed by atoms with van der Waals surface area (Å²) in [7, 11) is 1.93. The molecule has 1 fully saturated rings. The van der Waals surface area contributed by atoms with Crippen molar-refractivity contribution in [3.63, 3.8) is 0 Å². The molecule has 5 rings (SSSR count). The van der Waals surface area contributed by atoms with E-state index < -0.39 is 0 Å². The number of carbonyl (C=O) groups is 1. The van der Waals surface area contributed by atoms with Crippen LogP contribution < -0.4 is 4.74 Å². The Morgan fingerprint density at radius 3 is 3.10 bits per heavy atom. The molecule has 4 aromatic rings. The molecule has 1 N–H and O–H groups in total. The fourth-order valence-electron chi connectivity index (χ4n) is 3.84. The summed E-state index contributed by atoms with van der Waals surface area (Å²) < 4.78 is 8.08. The molecule has 0 spiro atoms. The third-order valence-corrected chi connectivity index (χ3v) is 5.40. The SMILES string of the molecule is CCC(=O)N1CC[C@H](Oc2ncnc3c2nc(-c2ccc4[nH]ncc4c2)n3C)C1. The number of rotatable bonds is 4. The third-order valence-electron chi connectivity index (χ3n) is 5.40. The van der Waals surface area contributed by atoms with E-state index in [9.17, 15) is 4.79 Å². The molecule has 1 saturated heterocycles. The Labute approximate surface area is 166 Å². The summed E-state index contributed by atoms with van der Waals surface area (Å²) in [6, 6.07) is 6.03. The number of fused-ring (bicyclic) bond motifs is 2. The minimum Gasteiger partial charge on any atom is -0.471 e. The first-order valence-electron chi connectivity index (χ1n) is 9.69. The zero-order valence-electron chi connectivity index (χ0n) is 16.3. The van der Waals surface area contributed by atoms with Gasteiger partial charge in [-0.2, -0.15) is 10.1 Å². The smallest absolute Gasteiger partial charge is 0.245 e. The van der Waals surface area contributed by atoms with Gasteiger partial charge in [-0.3, -0.25) is 9.89 Å². The van der Waals surface area contributed by atoms with Crippen molar-refractivity contribution < 1.29 is 9.53 Å². The number of amides is 1. The number of benzene rings is 1. The average Bonchev–Trinajstić information content (AvgIpc) is 3.46. The van der Waals surface area contributed by atoms with Gasteiger partial charge in [-0.25, -0.2) is 9.97 Å². The van der Waals surface area contributed by atoms with Crippen molar-refractivity contribution in [3.05, 3.63) is 30.7 Å². The van der Waals surface area contributed by atoms with Gasteiger partial charge in [-0.05, 0) is 18.2 Å². The molecule has 3 aromatic heterocycles. The maximum Gasteiger partial charge on any atom is 0.245 e. The predicted molar refractivity (Wildman–Crippen MR) is 107 cm³/mol. The zero-order valence-corrected chi connectivity index (χ0v) is 16.3. The minimum absolute atomic E-state index is 0.0867. The number of ether oxygens (including phenoxy) is 1. The largest absolute Gasteiger partial charge is 0.471 e. The highest BCUT2D eigenvalue weighted by atomic mass is 16.5. The Bertz CT molecular complexity index is 1210. The van der Waals surface area contributed by atoms with Gasteiger partial charge in [-0.1, -0.05) is 6.92 Å². The van der Waals surface area contributed by atoms with Crippen LogP contribution in [0.25, 0.3) is 33.5 Å². The fraction of sp³-hybridized carbons (Fsp3) is 0.350. The van der Waals surface area contributed by atoms with Gasteiger partial charge in [0.15, 0.2) is 11.2 Å². The third kappa shape index (κ3) is 2.98. The van der Waals surface area contributed by atoms with Gasteiger partial charge >= 0.3 is 0 Å². The van der Waals surface area contributed by atoms with Gasteiger partial charge in [0.2, 0.25) is 11.8 Å². The number of carbonyl (C=O) groups excluding carboxylic acids is 1. The monoisotopic (exact) mass is 391 g/mol. The van der Waals surface area contributed by atoms with Crippen LogP contribution in [0.3, 0.4) is 0 Å². The van der Waals surface area contributed by atoms with E-state index >= 15 is 0 Å². The van der Waals surface area contributed by atoms with Crippen molar-refractivity contribution in [1.82, 2.24) is 34.6 Å². The van der Waals surface area contributed by atoms with Crippen molar-refractivity contribution in [2.75, 3.05) is 13.1 Å². The van der Waals surface area contributed by atoms with Crippen LogP contribution in [0.4, 0.5) is 0 Å². The molecule has 0 unspecified atom stereocenters. The van der Waals surface area contributed by atoms with E-state index in [1.807, 2.05) is 41.6 Å². The number of nitrogens with one attached hydrogen (secondary N) is 1. The molecule has 0 saturated carbocycles. The molecule has 0 bridgehead atoms. The van der Waals surface area contributed by atoms with Crippen LogP contribution in [0.5, 0.6) is 5.88 Å². The highest BCUT2D eigenvalue weighted by molar-refractivity contribution is 5.86. The molecule has 0 aliphatic carbocycles. The second kappa shape index (κ2) is 6.84. The first kappa shape index (κ1) is 17.6. The minimum atomic E-state index is -0.0867. The van der Waals surface area contributed by atoms with Crippen LogP contribution >= 0.6 is 0 Å². The predicted octanol–water partition coefficient (Wildman–Crippen LogP) is 2.30. The number of imidazole rings is 1. The molecule has 1 aliphatic heterocycles. The lowest BCUT2D eigenvalue weighted by Crippen LogP contribution is -2.30. The summed E-state index contributed by atoms with van der Waals surface area (Å²) in [5.74, 6) is 1.39. The number of aryl methyl sites for hydroxylation is 1. The van der Waals surface area contributed by atoms with Crippen LogP contribution in [0.1, 0.15) is 19.8 Å². The van der Waals surface area contributed by atoms with E-state index in [4.69, 9.17) is 9.72 Å². The highest BCUT2D eigenvalue weighted by Gasteiger charge is 2.28. The summed E-state index contributed by atoms with van der Waals surface area (Å²) in [6.07, 6.45) is 4.49. The van der Waals surface area contributed by atoms with Crippen molar-refractivity contribution in [2.24, 2.45) is 7.05 Å². The first-order valence-corrected chi connectivity index (χ1v) is 9.69.